The van der Waals surface area contributed by atoms with Crippen LogP contribution in [-0.4, -0.2) is 34.1 Å². The van der Waals surface area contributed by atoms with Crippen LogP contribution < -0.4 is 5.73 Å². The second-order valence-corrected chi connectivity index (χ2v) is 5.17. The van der Waals surface area contributed by atoms with Crippen LogP contribution in [0, 0.1) is 0 Å². The van der Waals surface area contributed by atoms with Gasteiger partial charge in [-0.1, -0.05) is 0 Å². The zero-order valence-electron chi connectivity index (χ0n) is 9.89. The highest BCUT2D eigenvalue weighted by Crippen LogP contribution is 2.30. The third-order valence-electron chi connectivity index (χ3n) is 3.93. The minimum absolute atomic E-state index is 0.309. The van der Waals surface area contributed by atoms with Crippen molar-refractivity contribution in [2.24, 2.45) is 5.73 Å². The minimum atomic E-state index is 0.309. The van der Waals surface area contributed by atoms with E-state index in [0.717, 1.165) is 19.4 Å². The topological polar surface area (TPSA) is 47.1 Å². The molecule has 1 fully saturated rings. The van der Waals surface area contributed by atoms with Crippen molar-refractivity contribution >= 4 is 0 Å². The van der Waals surface area contributed by atoms with Crippen molar-refractivity contribution in [1.29, 1.82) is 0 Å². The van der Waals surface area contributed by atoms with E-state index in [4.69, 9.17) is 10.7 Å². The van der Waals surface area contributed by atoms with E-state index >= 15 is 0 Å². The standard InChI is InChI=1S/C12H20N4/c1-15-5-2-3-11(15)10-8-16-6-4-9(13)7-12(16)14-10/h8-9,11H,2-7,13H2,1H3. The molecule has 88 valence electrons. The summed E-state index contributed by atoms with van der Waals surface area (Å²) in [6.45, 7) is 2.24. The smallest absolute Gasteiger partial charge is 0.110 e. The number of hydrogen-bond donors (Lipinski definition) is 1. The van der Waals surface area contributed by atoms with Crippen LogP contribution in [0.3, 0.4) is 0 Å². The Hall–Kier alpha value is -0.870. The van der Waals surface area contributed by atoms with Gasteiger partial charge in [0.05, 0.1) is 11.7 Å². The van der Waals surface area contributed by atoms with Crippen LogP contribution in [-0.2, 0) is 13.0 Å². The molecule has 0 radical (unpaired) electrons. The summed E-state index contributed by atoms with van der Waals surface area (Å²) in [4.78, 5) is 7.19. The fourth-order valence-corrected chi connectivity index (χ4v) is 2.92. The van der Waals surface area contributed by atoms with Crippen LogP contribution in [0.1, 0.15) is 36.8 Å². The van der Waals surface area contributed by atoms with E-state index < -0.39 is 0 Å². The summed E-state index contributed by atoms with van der Waals surface area (Å²) in [6.07, 6.45) is 6.81. The molecule has 2 aliphatic rings. The second-order valence-electron chi connectivity index (χ2n) is 5.17. The molecule has 1 saturated heterocycles. The van der Waals surface area contributed by atoms with Gasteiger partial charge in [-0.15, -0.1) is 0 Å². The number of aromatic nitrogens is 2. The van der Waals surface area contributed by atoms with Crippen LogP contribution >= 0.6 is 0 Å². The van der Waals surface area contributed by atoms with Gasteiger partial charge in [0.15, 0.2) is 0 Å². The number of aryl methyl sites for hydroxylation is 1. The van der Waals surface area contributed by atoms with E-state index in [2.05, 4.69) is 22.7 Å². The van der Waals surface area contributed by atoms with Crippen molar-refractivity contribution in [3.63, 3.8) is 0 Å². The molecule has 0 bridgehead atoms. The fraction of sp³-hybridized carbons (Fsp3) is 0.750. The molecule has 2 atom stereocenters. The Morgan fingerprint density at radius 1 is 1.38 bits per heavy atom. The van der Waals surface area contributed by atoms with E-state index in [1.54, 1.807) is 0 Å². The number of fused-ring (bicyclic) bond motifs is 1. The summed E-state index contributed by atoms with van der Waals surface area (Å²) in [7, 11) is 2.20. The molecule has 1 aromatic rings. The van der Waals surface area contributed by atoms with Crippen molar-refractivity contribution in [3.8, 4) is 0 Å². The highest BCUT2D eigenvalue weighted by Gasteiger charge is 2.27. The molecular formula is C12H20N4. The molecule has 0 amide bonds. The second kappa shape index (κ2) is 3.86. The lowest BCUT2D eigenvalue weighted by molar-refractivity contribution is 0.312. The van der Waals surface area contributed by atoms with Gasteiger partial charge in [0.1, 0.15) is 5.82 Å². The van der Waals surface area contributed by atoms with E-state index in [1.807, 2.05) is 0 Å². The normalized spacial score (nSPS) is 30.6. The van der Waals surface area contributed by atoms with Gasteiger partial charge in [-0.2, -0.15) is 0 Å². The molecule has 3 heterocycles. The first-order chi connectivity index (χ1) is 7.74. The third-order valence-corrected chi connectivity index (χ3v) is 3.93. The predicted octanol–water partition coefficient (Wildman–Crippen LogP) is 0.923. The van der Waals surface area contributed by atoms with Crippen LogP contribution in [0.25, 0.3) is 0 Å². The van der Waals surface area contributed by atoms with Gasteiger partial charge in [-0.3, -0.25) is 4.90 Å². The SMILES string of the molecule is CN1CCCC1c1cn2c(n1)CC(N)CC2. The maximum absolute atomic E-state index is 5.98. The van der Waals surface area contributed by atoms with Gasteiger partial charge in [0.2, 0.25) is 0 Å². The quantitative estimate of drug-likeness (QED) is 0.765. The maximum atomic E-state index is 5.98. The molecule has 4 nitrogen and oxygen atoms in total. The summed E-state index contributed by atoms with van der Waals surface area (Å²) in [5.74, 6) is 1.19. The highest BCUT2D eigenvalue weighted by molar-refractivity contribution is 5.13. The van der Waals surface area contributed by atoms with E-state index in [0.29, 0.717) is 12.1 Å². The summed E-state index contributed by atoms with van der Waals surface area (Å²) in [5, 5.41) is 0. The first-order valence-electron chi connectivity index (χ1n) is 6.26. The molecule has 16 heavy (non-hydrogen) atoms. The Balaban J connectivity index is 1.86. The van der Waals surface area contributed by atoms with Crippen molar-refractivity contribution in [1.82, 2.24) is 14.5 Å². The van der Waals surface area contributed by atoms with Gasteiger partial charge >= 0.3 is 0 Å². The number of nitrogens with two attached hydrogens (primary N) is 1. The van der Waals surface area contributed by atoms with Crippen LogP contribution in [0.5, 0.6) is 0 Å². The lowest BCUT2D eigenvalue weighted by atomic mass is 10.1. The first kappa shape index (κ1) is 10.3. The van der Waals surface area contributed by atoms with Crippen LogP contribution in [0.15, 0.2) is 6.20 Å². The Morgan fingerprint density at radius 2 is 2.25 bits per heavy atom. The van der Waals surface area contributed by atoms with Crippen LogP contribution in [0.4, 0.5) is 0 Å². The zero-order chi connectivity index (χ0) is 11.1. The summed E-state index contributed by atoms with van der Waals surface area (Å²) in [6, 6.07) is 0.846. The molecule has 0 aromatic carbocycles. The maximum Gasteiger partial charge on any atom is 0.110 e. The lowest BCUT2D eigenvalue weighted by Crippen LogP contribution is -2.30. The molecule has 0 saturated carbocycles. The van der Waals surface area contributed by atoms with Gasteiger partial charge in [0.25, 0.3) is 0 Å². The average molecular weight is 220 g/mol. The summed E-state index contributed by atoms with van der Waals surface area (Å²) < 4.78 is 2.30. The third kappa shape index (κ3) is 1.66. The van der Waals surface area contributed by atoms with Gasteiger partial charge in [0, 0.05) is 25.2 Å². The van der Waals surface area contributed by atoms with Crippen molar-refractivity contribution in [2.75, 3.05) is 13.6 Å². The van der Waals surface area contributed by atoms with E-state index in [-0.39, 0.29) is 0 Å². The summed E-state index contributed by atoms with van der Waals surface area (Å²) in [5.41, 5.74) is 7.23. The van der Waals surface area contributed by atoms with Crippen LogP contribution in [0.2, 0.25) is 0 Å². The number of likely N-dealkylation sites (tertiary alicyclic amines) is 1. The van der Waals surface area contributed by atoms with E-state index in [1.165, 1.54) is 30.9 Å². The molecular weight excluding hydrogens is 200 g/mol. The first-order valence-corrected chi connectivity index (χ1v) is 6.26. The largest absolute Gasteiger partial charge is 0.334 e. The molecule has 2 N–H and O–H groups in total. The number of imidazole rings is 1. The lowest BCUT2D eigenvalue weighted by Gasteiger charge is -2.18. The van der Waals surface area contributed by atoms with Gasteiger partial charge < -0.3 is 10.3 Å². The number of hydrogen-bond acceptors (Lipinski definition) is 3. The van der Waals surface area contributed by atoms with E-state index in [9.17, 15) is 0 Å². The predicted molar refractivity (Wildman–Crippen MR) is 63.1 cm³/mol. The Labute approximate surface area is 96.4 Å². The molecule has 3 rings (SSSR count). The number of nitrogens with zero attached hydrogens (tertiary/aromatic N) is 3. The average Bonchev–Trinajstić information content (AvgIpc) is 2.82. The molecule has 1 aromatic heterocycles. The molecule has 2 unspecified atom stereocenters. The highest BCUT2D eigenvalue weighted by atomic mass is 15.2. The molecule has 0 spiro atoms. The fourth-order valence-electron chi connectivity index (χ4n) is 2.92. The summed E-state index contributed by atoms with van der Waals surface area (Å²) >= 11 is 0. The van der Waals surface area contributed by atoms with Gasteiger partial charge in [-0.05, 0) is 32.9 Å². The minimum Gasteiger partial charge on any atom is -0.334 e. The zero-order valence-corrected chi connectivity index (χ0v) is 9.89. The number of rotatable bonds is 1. The monoisotopic (exact) mass is 220 g/mol. The van der Waals surface area contributed by atoms with Crippen molar-refractivity contribution in [2.45, 2.75) is 44.3 Å². The molecule has 0 aliphatic carbocycles. The Bertz CT molecular complexity index is 384. The van der Waals surface area contributed by atoms with Crippen molar-refractivity contribution < 1.29 is 0 Å². The molecule has 4 heteroatoms. The molecule has 2 aliphatic heterocycles. The van der Waals surface area contributed by atoms with Crippen molar-refractivity contribution in [3.05, 3.63) is 17.7 Å². The Kier molecular flexibility index (Phi) is 2.48. The van der Waals surface area contributed by atoms with Gasteiger partial charge in [-0.25, -0.2) is 4.98 Å². The Morgan fingerprint density at radius 3 is 3.00 bits per heavy atom.